The molecular formula is C27H27NO3. The fourth-order valence-corrected chi connectivity index (χ4v) is 4.18. The summed E-state index contributed by atoms with van der Waals surface area (Å²) < 4.78 is 0. The van der Waals surface area contributed by atoms with Gasteiger partial charge in [-0.3, -0.25) is 9.59 Å². The molecule has 1 aliphatic carbocycles. The standard InChI is InChI=1S/C27H27NO3/c1-3-19-12-21(9-11-25(19)29)20-8-10-24-22(13-20)14-23(27(24)31)15-26(30)28-16-18-6-4-17(2)5-7-18/h4-13,23,29H,3,14-16H2,1-2H3,(H,28,30). The Hall–Kier alpha value is -3.40. The van der Waals surface area contributed by atoms with Crippen molar-refractivity contribution in [2.75, 3.05) is 0 Å². The molecule has 1 amide bonds. The Bertz CT molecular complexity index is 1130. The largest absolute Gasteiger partial charge is 0.508 e. The molecule has 0 saturated heterocycles. The van der Waals surface area contributed by atoms with Gasteiger partial charge in [-0.15, -0.1) is 0 Å². The highest BCUT2D eigenvalue weighted by molar-refractivity contribution is 6.04. The van der Waals surface area contributed by atoms with E-state index in [1.54, 1.807) is 6.07 Å². The first kappa shape index (κ1) is 20.9. The molecular weight excluding hydrogens is 386 g/mol. The number of ketones is 1. The lowest BCUT2D eigenvalue weighted by Crippen LogP contribution is -2.27. The maximum Gasteiger partial charge on any atom is 0.221 e. The molecule has 0 heterocycles. The van der Waals surface area contributed by atoms with Crippen molar-refractivity contribution in [2.24, 2.45) is 5.92 Å². The molecule has 31 heavy (non-hydrogen) atoms. The maximum absolute atomic E-state index is 12.8. The van der Waals surface area contributed by atoms with Gasteiger partial charge < -0.3 is 10.4 Å². The molecule has 0 aliphatic heterocycles. The average molecular weight is 414 g/mol. The van der Waals surface area contributed by atoms with Crippen LogP contribution < -0.4 is 5.32 Å². The number of phenols is 1. The monoisotopic (exact) mass is 413 g/mol. The number of benzene rings is 3. The predicted octanol–water partition coefficient (Wildman–Crippen LogP) is 4.99. The summed E-state index contributed by atoms with van der Waals surface area (Å²) in [6, 6.07) is 19.5. The number of carbonyl (C=O) groups is 2. The average Bonchev–Trinajstić information content (AvgIpc) is 3.08. The van der Waals surface area contributed by atoms with Crippen molar-refractivity contribution in [1.82, 2.24) is 5.32 Å². The molecule has 4 nitrogen and oxygen atoms in total. The van der Waals surface area contributed by atoms with Gasteiger partial charge in [-0.05, 0) is 59.7 Å². The van der Waals surface area contributed by atoms with Crippen molar-refractivity contribution in [1.29, 1.82) is 0 Å². The topological polar surface area (TPSA) is 66.4 Å². The summed E-state index contributed by atoms with van der Waals surface area (Å²) in [6.07, 6.45) is 1.54. The molecule has 3 aromatic carbocycles. The van der Waals surface area contributed by atoms with Gasteiger partial charge in [0.05, 0.1) is 0 Å². The molecule has 0 radical (unpaired) electrons. The van der Waals surface area contributed by atoms with Crippen LogP contribution in [0, 0.1) is 12.8 Å². The number of carbonyl (C=O) groups excluding carboxylic acids is 2. The molecule has 0 fully saturated rings. The smallest absolute Gasteiger partial charge is 0.221 e. The van der Waals surface area contributed by atoms with Crippen molar-refractivity contribution in [3.05, 3.63) is 88.5 Å². The van der Waals surface area contributed by atoms with Gasteiger partial charge >= 0.3 is 0 Å². The normalized spacial score (nSPS) is 15.0. The van der Waals surface area contributed by atoms with E-state index >= 15 is 0 Å². The molecule has 4 heteroatoms. The Morgan fingerprint density at radius 2 is 1.74 bits per heavy atom. The molecule has 3 aromatic rings. The van der Waals surface area contributed by atoms with Crippen LogP contribution in [0.15, 0.2) is 60.7 Å². The van der Waals surface area contributed by atoms with Crippen LogP contribution >= 0.6 is 0 Å². The molecule has 0 aromatic heterocycles. The summed E-state index contributed by atoms with van der Waals surface area (Å²) >= 11 is 0. The van der Waals surface area contributed by atoms with E-state index in [1.165, 1.54) is 5.56 Å². The highest BCUT2D eigenvalue weighted by atomic mass is 16.3. The summed E-state index contributed by atoms with van der Waals surface area (Å²) in [6.45, 7) is 4.51. The summed E-state index contributed by atoms with van der Waals surface area (Å²) in [4.78, 5) is 25.3. The Labute approximate surface area is 182 Å². The Morgan fingerprint density at radius 3 is 2.48 bits per heavy atom. The number of fused-ring (bicyclic) bond motifs is 1. The Kier molecular flexibility index (Phi) is 5.90. The summed E-state index contributed by atoms with van der Waals surface area (Å²) in [5.41, 5.74) is 6.87. The third-order valence-corrected chi connectivity index (χ3v) is 6.04. The fourth-order valence-electron chi connectivity index (χ4n) is 4.18. The highest BCUT2D eigenvalue weighted by Crippen LogP contribution is 2.33. The third-order valence-electron chi connectivity index (χ3n) is 6.04. The molecule has 1 aliphatic rings. The van der Waals surface area contributed by atoms with Crippen LogP contribution in [0.1, 0.15) is 46.0 Å². The minimum absolute atomic E-state index is 0.0481. The lowest BCUT2D eigenvalue weighted by atomic mass is 9.98. The van der Waals surface area contributed by atoms with Gasteiger partial charge in [0.15, 0.2) is 5.78 Å². The number of nitrogens with one attached hydrogen (secondary N) is 1. The van der Waals surface area contributed by atoms with E-state index in [-0.39, 0.29) is 24.0 Å². The zero-order valence-corrected chi connectivity index (χ0v) is 17.9. The van der Waals surface area contributed by atoms with E-state index in [4.69, 9.17) is 0 Å². The number of phenolic OH excluding ortho intramolecular Hbond substituents is 1. The third kappa shape index (κ3) is 4.53. The van der Waals surface area contributed by atoms with Crippen LogP contribution in [0.3, 0.4) is 0 Å². The molecule has 1 unspecified atom stereocenters. The van der Waals surface area contributed by atoms with Crippen molar-refractivity contribution < 1.29 is 14.7 Å². The summed E-state index contributed by atoms with van der Waals surface area (Å²) in [7, 11) is 0. The van der Waals surface area contributed by atoms with Crippen LogP contribution in [0.25, 0.3) is 11.1 Å². The van der Waals surface area contributed by atoms with Crippen molar-refractivity contribution in [3.63, 3.8) is 0 Å². The first-order chi connectivity index (χ1) is 14.9. The van der Waals surface area contributed by atoms with Crippen molar-refractivity contribution in [2.45, 2.75) is 39.7 Å². The van der Waals surface area contributed by atoms with Crippen LogP contribution in [0.4, 0.5) is 0 Å². The predicted molar refractivity (Wildman–Crippen MR) is 122 cm³/mol. The zero-order valence-electron chi connectivity index (χ0n) is 17.9. The van der Waals surface area contributed by atoms with Crippen molar-refractivity contribution >= 4 is 11.7 Å². The molecule has 0 saturated carbocycles. The van der Waals surface area contributed by atoms with Crippen LogP contribution in [0.5, 0.6) is 5.75 Å². The van der Waals surface area contributed by atoms with Crippen LogP contribution in [-0.4, -0.2) is 16.8 Å². The second-order valence-corrected chi connectivity index (χ2v) is 8.30. The van der Waals surface area contributed by atoms with E-state index in [1.807, 2.05) is 68.4 Å². The summed E-state index contributed by atoms with van der Waals surface area (Å²) in [5.74, 6) is -0.0568. The fraction of sp³-hybridized carbons (Fsp3) is 0.259. The lowest BCUT2D eigenvalue weighted by Gasteiger charge is -2.09. The van der Waals surface area contributed by atoms with Gasteiger partial charge in [0.1, 0.15) is 5.75 Å². The number of aromatic hydroxyl groups is 1. The number of Topliss-reactive ketones (excluding diaryl/α,β-unsaturated/α-hetero) is 1. The molecule has 0 bridgehead atoms. The van der Waals surface area contributed by atoms with Gasteiger partial charge in [-0.25, -0.2) is 0 Å². The second-order valence-electron chi connectivity index (χ2n) is 8.30. The van der Waals surface area contributed by atoms with E-state index in [2.05, 4.69) is 5.32 Å². The SMILES string of the molecule is CCc1cc(-c2ccc3c(c2)CC(CC(=O)NCc2ccc(C)cc2)C3=O)ccc1O. The van der Waals surface area contributed by atoms with Crippen molar-refractivity contribution in [3.8, 4) is 16.9 Å². The minimum atomic E-state index is -0.311. The Balaban J connectivity index is 1.43. The number of rotatable bonds is 6. The van der Waals surface area contributed by atoms with Gasteiger partial charge in [0.25, 0.3) is 0 Å². The van der Waals surface area contributed by atoms with Gasteiger partial charge in [-0.1, -0.05) is 61.0 Å². The molecule has 1 atom stereocenters. The lowest BCUT2D eigenvalue weighted by molar-refractivity contribution is -0.121. The van der Waals surface area contributed by atoms with Crippen LogP contribution in [-0.2, 0) is 24.2 Å². The summed E-state index contributed by atoms with van der Waals surface area (Å²) in [5, 5.41) is 12.9. The number of amides is 1. The van der Waals surface area contributed by atoms with E-state index in [0.717, 1.165) is 39.8 Å². The first-order valence-electron chi connectivity index (χ1n) is 10.8. The zero-order chi connectivity index (χ0) is 22.0. The molecule has 158 valence electrons. The van der Waals surface area contributed by atoms with Gasteiger partial charge in [-0.2, -0.15) is 0 Å². The number of hydrogen-bond donors (Lipinski definition) is 2. The molecule has 2 N–H and O–H groups in total. The maximum atomic E-state index is 12.8. The second kappa shape index (κ2) is 8.76. The quantitative estimate of drug-likeness (QED) is 0.598. The highest BCUT2D eigenvalue weighted by Gasteiger charge is 2.32. The number of aryl methyl sites for hydroxylation is 2. The Morgan fingerprint density at radius 1 is 1.03 bits per heavy atom. The van der Waals surface area contributed by atoms with Gasteiger partial charge in [0, 0.05) is 24.4 Å². The molecule has 4 rings (SSSR count). The van der Waals surface area contributed by atoms with E-state index in [0.29, 0.717) is 18.7 Å². The first-order valence-corrected chi connectivity index (χ1v) is 10.8. The van der Waals surface area contributed by atoms with Gasteiger partial charge in [0.2, 0.25) is 5.91 Å². The van der Waals surface area contributed by atoms with E-state index < -0.39 is 0 Å². The molecule has 0 spiro atoms. The number of hydrogen-bond acceptors (Lipinski definition) is 3. The van der Waals surface area contributed by atoms with Crippen LogP contribution in [0.2, 0.25) is 0 Å². The van der Waals surface area contributed by atoms with E-state index in [9.17, 15) is 14.7 Å². The minimum Gasteiger partial charge on any atom is -0.508 e.